The molecule has 22 heavy (non-hydrogen) atoms. The van der Waals surface area contributed by atoms with Gasteiger partial charge in [0.05, 0.1) is 6.33 Å². The fraction of sp³-hybridized carbons (Fsp3) is 0.765. The normalized spacial score (nSPS) is 23.1. The van der Waals surface area contributed by atoms with Crippen LogP contribution in [-0.4, -0.2) is 58.0 Å². The van der Waals surface area contributed by atoms with Crippen LogP contribution in [0.2, 0.25) is 0 Å². The predicted octanol–water partition coefficient (Wildman–Crippen LogP) is 2.00. The summed E-state index contributed by atoms with van der Waals surface area (Å²) in [6, 6.07) is 0. The average Bonchev–Trinajstić information content (AvgIpc) is 3.21. The van der Waals surface area contributed by atoms with Crippen LogP contribution in [0.5, 0.6) is 0 Å². The maximum absolute atomic E-state index is 12.4. The summed E-state index contributed by atoms with van der Waals surface area (Å²) in [6.45, 7) is 6.40. The molecule has 1 aromatic heterocycles. The molecule has 0 N–H and O–H groups in total. The molecule has 1 aromatic rings. The standard InChI is InChI=1S/C17H28N4O/c22-17(6-4-10-19-8-1-2-9-19)21-11-3-5-16(14-21)13-20-12-7-18-15-20/h7,12,15-16H,1-6,8-11,13-14H2/t16-/m1/s1. The van der Waals surface area contributed by atoms with E-state index in [-0.39, 0.29) is 0 Å². The smallest absolute Gasteiger partial charge is 0.222 e. The summed E-state index contributed by atoms with van der Waals surface area (Å²) in [5.41, 5.74) is 0. The van der Waals surface area contributed by atoms with E-state index >= 15 is 0 Å². The van der Waals surface area contributed by atoms with Gasteiger partial charge in [0.25, 0.3) is 0 Å². The molecule has 0 aromatic carbocycles. The summed E-state index contributed by atoms with van der Waals surface area (Å²) < 4.78 is 2.13. The van der Waals surface area contributed by atoms with Crippen molar-refractivity contribution in [2.75, 3.05) is 32.7 Å². The quantitative estimate of drug-likeness (QED) is 0.807. The third-order valence-corrected chi connectivity index (χ3v) is 4.96. The average molecular weight is 304 g/mol. The number of rotatable bonds is 6. The zero-order chi connectivity index (χ0) is 15.2. The Morgan fingerprint density at radius 3 is 2.82 bits per heavy atom. The minimum atomic E-state index is 0.356. The second-order valence-corrected chi connectivity index (χ2v) is 6.76. The summed E-state index contributed by atoms with van der Waals surface area (Å²) >= 11 is 0. The van der Waals surface area contributed by atoms with E-state index in [1.54, 1.807) is 0 Å². The molecule has 2 saturated heterocycles. The van der Waals surface area contributed by atoms with Crippen molar-refractivity contribution in [3.8, 4) is 0 Å². The van der Waals surface area contributed by atoms with Crippen molar-refractivity contribution in [3.05, 3.63) is 18.7 Å². The van der Waals surface area contributed by atoms with E-state index in [9.17, 15) is 4.79 Å². The fourth-order valence-electron chi connectivity index (χ4n) is 3.75. The molecule has 3 heterocycles. The van der Waals surface area contributed by atoms with Crippen molar-refractivity contribution in [2.45, 2.75) is 45.1 Å². The number of hydrogen-bond donors (Lipinski definition) is 0. The van der Waals surface area contributed by atoms with Crippen LogP contribution in [0.15, 0.2) is 18.7 Å². The zero-order valence-electron chi connectivity index (χ0n) is 13.5. The predicted molar refractivity (Wildman–Crippen MR) is 86.4 cm³/mol. The first-order valence-electron chi connectivity index (χ1n) is 8.77. The van der Waals surface area contributed by atoms with Crippen molar-refractivity contribution >= 4 is 5.91 Å². The van der Waals surface area contributed by atoms with Crippen molar-refractivity contribution < 1.29 is 4.79 Å². The van der Waals surface area contributed by atoms with Gasteiger partial charge in [-0.3, -0.25) is 4.79 Å². The molecular weight excluding hydrogens is 276 g/mol. The molecule has 3 rings (SSSR count). The van der Waals surface area contributed by atoms with Gasteiger partial charge in [-0.05, 0) is 57.7 Å². The first-order chi connectivity index (χ1) is 10.8. The monoisotopic (exact) mass is 304 g/mol. The highest BCUT2D eigenvalue weighted by Gasteiger charge is 2.23. The van der Waals surface area contributed by atoms with Crippen LogP contribution < -0.4 is 0 Å². The molecule has 0 spiro atoms. The lowest BCUT2D eigenvalue weighted by Gasteiger charge is -2.33. The molecular formula is C17H28N4O. The number of hydrogen-bond acceptors (Lipinski definition) is 3. The Morgan fingerprint density at radius 1 is 1.18 bits per heavy atom. The highest BCUT2D eigenvalue weighted by atomic mass is 16.2. The number of carbonyl (C=O) groups excluding carboxylic acids is 1. The molecule has 1 amide bonds. The highest BCUT2D eigenvalue weighted by molar-refractivity contribution is 5.76. The van der Waals surface area contributed by atoms with E-state index in [2.05, 4.69) is 19.4 Å². The van der Waals surface area contributed by atoms with Gasteiger partial charge in [0.1, 0.15) is 0 Å². The number of likely N-dealkylation sites (tertiary alicyclic amines) is 2. The maximum Gasteiger partial charge on any atom is 0.222 e. The SMILES string of the molecule is O=C(CCCN1CCCC1)N1CCC[C@H](Cn2ccnc2)C1. The van der Waals surface area contributed by atoms with Gasteiger partial charge in [0, 0.05) is 38.4 Å². The van der Waals surface area contributed by atoms with Crippen LogP contribution in [0, 0.1) is 5.92 Å². The summed E-state index contributed by atoms with van der Waals surface area (Å²) in [5, 5.41) is 0. The first kappa shape index (κ1) is 15.5. The van der Waals surface area contributed by atoms with Gasteiger partial charge in [-0.1, -0.05) is 0 Å². The topological polar surface area (TPSA) is 41.4 Å². The molecule has 1 atom stereocenters. The van der Waals surface area contributed by atoms with E-state index in [0.29, 0.717) is 18.2 Å². The van der Waals surface area contributed by atoms with Crippen LogP contribution >= 0.6 is 0 Å². The van der Waals surface area contributed by atoms with Gasteiger partial charge >= 0.3 is 0 Å². The molecule has 2 aliphatic rings. The summed E-state index contributed by atoms with van der Waals surface area (Å²) in [4.78, 5) is 21.1. The van der Waals surface area contributed by atoms with Crippen LogP contribution in [0.4, 0.5) is 0 Å². The highest BCUT2D eigenvalue weighted by Crippen LogP contribution is 2.19. The van der Waals surface area contributed by atoms with Gasteiger partial charge in [-0.15, -0.1) is 0 Å². The van der Waals surface area contributed by atoms with E-state index in [1.807, 2.05) is 18.7 Å². The Labute approximate surface area is 133 Å². The van der Waals surface area contributed by atoms with Gasteiger partial charge in [0.2, 0.25) is 5.91 Å². The zero-order valence-corrected chi connectivity index (χ0v) is 13.5. The molecule has 0 bridgehead atoms. The Bertz CT molecular complexity index is 453. The van der Waals surface area contributed by atoms with Crippen LogP contribution in [-0.2, 0) is 11.3 Å². The lowest BCUT2D eigenvalue weighted by molar-refractivity contribution is -0.133. The molecule has 0 unspecified atom stereocenters. The molecule has 0 aliphatic carbocycles. The molecule has 122 valence electrons. The van der Waals surface area contributed by atoms with Crippen molar-refractivity contribution in [3.63, 3.8) is 0 Å². The van der Waals surface area contributed by atoms with Crippen molar-refractivity contribution in [1.82, 2.24) is 19.4 Å². The number of piperidine rings is 1. The molecule has 2 fully saturated rings. The Kier molecular flexibility index (Phi) is 5.48. The lowest BCUT2D eigenvalue weighted by Crippen LogP contribution is -2.41. The van der Waals surface area contributed by atoms with E-state index in [0.717, 1.165) is 39.0 Å². The Hall–Kier alpha value is -1.36. The van der Waals surface area contributed by atoms with Crippen LogP contribution in [0.25, 0.3) is 0 Å². The largest absolute Gasteiger partial charge is 0.342 e. The number of imidazole rings is 1. The Balaban J connectivity index is 1.39. The molecule has 0 saturated carbocycles. The molecule has 5 heteroatoms. The summed E-state index contributed by atoms with van der Waals surface area (Å²) in [5.74, 6) is 0.931. The minimum absolute atomic E-state index is 0.356. The number of aromatic nitrogens is 2. The Morgan fingerprint density at radius 2 is 2.05 bits per heavy atom. The van der Waals surface area contributed by atoms with Gasteiger partial charge < -0.3 is 14.4 Å². The number of carbonyl (C=O) groups is 1. The molecule has 5 nitrogen and oxygen atoms in total. The summed E-state index contributed by atoms with van der Waals surface area (Å²) in [6.07, 6.45) is 12.5. The molecule has 0 radical (unpaired) electrons. The van der Waals surface area contributed by atoms with Crippen LogP contribution in [0.3, 0.4) is 0 Å². The minimum Gasteiger partial charge on any atom is -0.342 e. The third-order valence-electron chi connectivity index (χ3n) is 4.96. The van der Waals surface area contributed by atoms with Gasteiger partial charge in [0.15, 0.2) is 0 Å². The number of nitrogens with zero attached hydrogens (tertiary/aromatic N) is 4. The third kappa shape index (κ3) is 4.32. The number of amides is 1. The van der Waals surface area contributed by atoms with Gasteiger partial charge in [-0.25, -0.2) is 4.98 Å². The van der Waals surface area contributed by atoms with Crippen molar-refractivity contribution in [1.29, 1.82) is 0 Å². The first-order valence-corrected chi connectivity index (χ1v) is 8.77. The van der Waals surface area contributed by atoms with Gasteiger partial charge in [-0.2, -0.15) is 0 Å². The van der Waals surface area contributed by atoms with Crippen molar-refractivity contribution in [2.24, 2.45) is 5.92 Å². The van der Waals surface area contributed by atoms with E-state index in [1.165, 1.54) is 32.4 Å². The second kappa shape index (κ2) is 7.77. The van der Waals surface area contributed by atoms with E-state index in [4.69, 9.17) is 0 Å². The second-order valence-electron chi connectivity index (χ2n) is 6.76. The van der Waals surface area contributed by atoms with Crippen LogP contribution in [0.1, 0.15) is 38.5 Å². The summed E-state index contributed by atoms with van der Waals surface area (Å²) in [7, 11) is 0. The lowest BCUT2D eigenvalue weighted by atomic mass is 9.97. The molecule has 2 aliphatic heterocycles. The maximum atomic E-state index is 12.4. The van der Waals surface area contributed by atoms with E-state index < -0.39 is 0 Å². The fourth-order valence-corrected chi connectivity index (χ4v) is 3.75.